The summed E-state index contributed by atoms with van der Waals surface area (Å²) >= 11 is 0. The normalized spacial score (nSPS) is 17.9. The van der Waals surface area contributed by atoms with E-state index in [1.807, 2.05) is 6.07 Å². The molecule has 0 aromatic heterocycles. The summed E-state index contributed by atoms with van der Waals surface area (Å²) in [4.78, 5) is 0. The van der Waals surface area contributed by atoms with Crippen molar-refractivity contribution in [3.63, 3.8) is 0 Å². The highest BCUT2D eigenvalue weighted by atomic mass is 19.2. The molecule has 1 aliphatic carbocycles. The third-order valence-electron chi connectivity index (χ3n) is 7.12. The van der Waals surface area contributed by atoms with E-state index in [4.69, 9.17) is 4.74 Å². The van der Waals surface area contributed by atoms with Gasteiger partial charge in [-0.1, -0.05) is 49.7 Å². The summed E-state index contributed by atoms with van der Waals surface area (Å²) in [5.74, 6) is 2.80. The van der Waals surface area contributed by atoms with Crippen molar-refractivity contribution in [3.8, 4) is 11.8 Å². The van der Waals surface area contributed by atoms with Crippen LogP contribution in [0, 0.1) is 46.9 Å². The largest absolute Gasteiger partial charge is 0.385 e. The van der Waals surface area contributed by atoms with Crippen LogP contribution in [-0.2, 0) is 11.2 Å². The van der Waals surface area contributed by atoms with E-state index in [0.29, 0.717) is 11.5 Å². The zero-order chi connectivity index (χ0) is 24.8. The second-order valence-corrected chi connectivity index (χ2v) is 9.55. The monoisotopic (exact) mass is 482 g/mol. The highest BCUT2D eigenvalue weighted by Crippen LogP contribution is 2.34. The lowest BCUT2D eigenvalue weighted by molar-refractivity contribution is 0.175. The molecule has 0 bridgehead atoms. The number of aryl methyl sites for hydroxylation is 1. The van der Waals surface area contributed by atoms with Crippen LogP contribution in [0.25, 0.3) is 10.8 Å². The van der Waals surface area contributed by atoms with Gasteiger partial charge in [0, 0.05) is 24.7 Å². The molecule has 0 spiro atoms. The van der Waals surface area contributed by atoms with Gasteiger partial charge in [-0.3, -0.25) is 0 Å². The Kier molecular flexibility index (Phi) is 8.46. The van der Waals surface area contributed by atoms with Crippen molar-refractivity contribution < 1.29 is 22.3 Å². The Labute approximate surface area is 204 Å². The van der Waals surface area contributed by atoms with E-state index < -0.39 is 17.5 Å². The fourth-order valence-electron chi connectivity index (χ4n) is 5.03. The number of methoxy groups -OCH3 is 1. The van der Waals surface area contributed by atoms with Crippen molar-refractivity contribution in [2.45, 2.75) is 51.4 Å². The molecule has 184 valence electrons. The number of hydrogen-bond acceptors (Lipinski definition) is 1. The number of benzene rings is 3. The molecule has 0 heterocycles. The quantitative estimate of drug-likeness (QED) is 0.144. The van der Waals surface area contributed by atoms with Crippen molar-refractivity contribution in [2.24, 2.45) is 11.8 Å². The summed E-state index contributed by atoms with van der Waals surface area (Å²) in [5.41, 5.74) is 1.69. The second kappa shape index (κ2) is 11.7. The van der Waals surface area contributed by atoms with E-state index in [2.05, 4.69) is 11.8 Å². The number of halogens is 4. The Morgan fingerprint density at radius 3 is 2.26 bits per heavy atom. The van der Waals surface area contributed by atoms with E-state index in [1.54, 1.807) is 19.2 Å². The highest BCUT2D eigenvalue weighted by Gasteiger charge is 2.21. The molecule has 1 fully saturated rings. The third kappa shape index (κ3) is 6.44. The van der Waals surface area contributed by atoms with Gasteiger partial charge in [-0.25, -0.2) is 17.6 Å². The van der Waals surface area contributed by atoms with Crippen molar-refractivity contribution in [2.75, 3.05) is 13.7 Å². The predicted octanol–water partition coefficient (Wildman–Crippen LogP) is 7.96. The zero-order valence-corrected chi connectivity index (χ0v) is 20.0. The molecule has 0 atom stereocenters. The van der Waals surface area contributed by atoms with E-state index in [-0.39, 0.29) is 22.2 Å². The molecule has 1 nitrogen and oxygen atoms in total. The highest BCUT2D eigenvalue weighted by molar-refractivity contribution is 5.84. The van der Waals surface area contributed by atoms with E-state index in [0.717, 1.165) is 43.4 Å². The number of fused-ring (bicyclic) bond motifs is 1. The van der Waals surface area contributed by atoms with Crippen LogP contribution in [0.3, 0.4) is 0 Å². The van der Waals surface area contributed by atoms with Crippen molar-refractivity contribution >= 4 is 10.8 Å². The summed E-state index contributed by atoms with van der Waals surface area (Å²) in [6.45, 7) is 0.843. The minimum Gasteiger partial charge on any atom is -0.385 e. The average molecular weight is 483 g/mol. The maximum atomic E-state index is 14.7. The van der Waals surface area contributed by atoms with E-state index >= 15 is 0 Å². The van der Waals surface area contributed by atoms with Crippen LogP contribution >= 0.6 is 0 Å². The Morgan fingerprint density at radius 2 is 1.54 bits per heavy atom. The molecule has 3 aromatic carbocycles. The van der Waals surface area contributed by atoms with Crippen molar-refractivity contribution in [3.05, 3.63) is 82.4 Å². The summed E-state index contributed by atoms with van der Waals surface area (Å²) < 4.78 is 60.6. The predicted molar refractivity (Wildman–Crippen MR) is 131 cm³/mol. The minimum absolute atomic E-state index is 0.0236. The lowest BCUT2D eigenvalue weighted by atomic mass is 9.78. The molecule has 3 aromatic rings. The van der Waals surface area contributed by atoms with Gasteiger partial charge in [-0.15, -0.1) is 0 Å². The van der Waals surface area contributed by atoms with Gasteiger partial charge >= 0.3 is 0 Å². The smallest absolute Gasteiger partial charge is 0.195 e. The molecule has 35 heavy (non-hydrogen) atoms. The summed E-state index contributed by atoms with van der Waals surface area (Å²) in [6, 6.07) is 10.4. The molecule has 5 heteroatoms. The molecule has 4 rings (SSSR count). The molecule has 0 amide bonds. The lowest BCUT2D eigenvalue weighted by Gasteiger charge is -2.28. The van der Waals surface area contributed by atoms with Crippen LogP contribution < -0.4 is 0 Å². The standard InChI is InChI=1S/C30H30F4O/c1-35-16-2-3-20-4-6-21(7-5-20)8-9-23-11-14-24(27(31)18-23)13-10-22-12-15-26-25(17-22)19-28(32)30(34)29(26)33/h11-12,14-15,17-21H,2-9,16H2,1H3. The SMILES string of the molecule is COCCCC1CCC(CCc2ccc(C#Cc3ccc4c(F)c(F)c(F)cc4c3)c(F)c2)CC1. The molecular weight excluding hydrogens is 452 g/mol. The number of ether oxygens (including phenoxy) is 1. The van der Waals surface area contributed by atoms with Crippen LogP contribution in [0.5, 0.6) is 0 Å². The molecule has 1 saturated carbocycles. The van der Waals surface area contributed by atoms with Gasteiger partial charge in [0.15, 0.2) is 17.5 Å². The van der Waals surface area contributed by atoms with Gasteiger partial charge in [0.2, 0.25) is 0 Å². The van der Waals surface area contributed by atoms with Crippen LogP contribution in [0.15, 0.2) is 42.5 Å². The summed E-state index contributed by atoms with van der Waals surface area (Å²) in [6.07, 6.45) is 9.35. The van der Waals surface area contributed by atoms with Crippen molar-refractivity contribution in [1.82, 2.24) is 0 Å². The van der Waals surface area contributed by atoms with Crippen LogP contribution in [0.1, 0.15) is 61.6 Å². The van der Waals surface area contributed by atoms with Gasteiger partial charge in [-0.05, 0) is 78.8 Å². The Morgan fingerprint density at radius 1 is 0.800 bits per heavy atom. The Balaban J connectivity index is 1.34. The molecule has 1 aliphatic rings. The molecule has 0 radical (unpaired) electrons. The van der Waals surface area contributed by atoms with Gasteiger partial charge < -0.3 is 4.74 Å². The van der Waals surface area contributed by atoms with E-state index in [1.165, 1.54) is 50.3 Å². The second-order valence-electron chi connectivity index (χ2n) is 9.55. The van der Waals surface area contributed by atoms with Gasteiger partial charge in [0.1, 0.15) is 5.82 Å². The average Bonchev–Trinajstić information content (AvgIpc) is 2.86. The fourth-order valence-corrected chi connectivity index (χ4v) is 5.03. The van der Waals surface area contributed by atoms with Crippen LogP contribution in [-0.4, -0.2) is 13.7 Å². The first-order valence-corrected chi connectivity index (χ1v) is 12.3. The maximum Gasteiger partial charge on any atom is 0.195 e. The first-order chi connectivity index (χ1) is 16.9. The Bertz CT molecular complexity index is 1230. The topological polar surface area (TPSA) is 9.23 Å². The number of rotatable bonds is 7. The van der Waals surface area contributed by atoms with Crippen molar-refractivity contribution in [1.29, 1.82) is 0 Å². The zero-order valence-electron chi connectivity index (χ0n) is 20.0. The fraction of sp³-hybridized carbons (Fsp3) is 0.400. The maximum absolute atomic E-state index is 14.7. The van der Waals surface area contributed by atoms with Crippen LogP contribution in [0.2, 0.25) is 0 Å². The van der Waals surface area contributed by atoms with Gasteiger partial charge in [-0.2, -0.15) is 0 Å². The van der Waals surface area contributed by atoms with Gasteiger partial charge in [0.25, 0.3) is 0 Å². The first kappa shape index (κ1) is 25.3. The first-order valence-electron chi connectivity index (χ1n) is 12.3. The Hall–Kier alpha value is -2.84. The third-order valence-corrected chi connectivity index (χ3v) is 7.12. The van der Waals surface area contributed by atoms with Crippen LogP contribution in [0.4, 0.5) is 17.6 Å². The number of hydrogen-bond donors (Lipinski definition) is 0. The molecule has 0 aliphatic heterocycles. The lowest BCUT2D eigenvalue weighted by Crippen LogP contribution is -2.15. The molecule has 0 unspecified atom stereocenters. The summed E-state index contributed by atoms with van der Waals surface area (Å²) in [7, 11) is 1.75. The molecule has 0 N–H and O–H groups in total. The molecule has 0 saturated heterocycles. The van der Waals surface area contributed by atoms with E-state index in [9.17, 15) is 17.6 Å². The summed E-state index contributed by atoms with van der Waals surface area (Å²) in [5, 5.41) is 0.178. The molecular formula is C30H30F4O. The minimum atomic E-state index is -1.50. The van der Waals surface area contributed by atoms with Gasteiger partial charge in [0.05, 0.1) is 5.56 Å².